The number of hydrogen-bond donors (Lipinski definition) is 3. The van der Waals surface area contributed by atoms with Crippen LogP contribution in [0.15, 0.2) is 72.8 Å². The van der Waals surface area contributed by atoms with Crippen LogP contribution in [0.5, 0.6) is 11.5 Å². The average Bonchev–Trinajstić information content (AvgIpc) is 2.63. The summed E-state index contributed by atoms with van der Waals surface area (Å²) in [5.41, 5.74) is 8.00. The predicted octanol–water partition coefficient (Wildman–Crippen LogP) is 4.60. The van der Waals surface area contributed by atoms with E-state index >= 15 is 0 Å². The number of nitrogens with two attached hydrogens (primary N) is 1. The van der Waals surface area contributed by atoms with Gasteiger partial charge >= 0.3 is 0 Å². The molecule has 4 N–H and O–H groups in total. The second kappa shape index (κ2) is 8.23. The highest BCUT2D eigenvalue weighted by atomic mass is 16.6. The third kappa shape index (κ3) is 5.22. The van der Waals surface area contributed by atoms with Crippen LogP contribution in [0.1, 0.15) is 25.0 Å². The topological polar surface area (TPSA) is 110 Å². The molecule has 140 valence electrons. The maximum atomic E-state index is 10.1. The summed E-state index contributed by atoms with van der Waals surface area (Å²) in [6.45, 7) is 4.23. The lowest BCUT2D eigenvalue weighted by atomic mass is 9.78. The Hall–Kier alpha value is -3.54. The minimum atomic E-state index is -0.459. The summed E-state index contributed by atoms with van der Waals surface area (Å²) in [6, 6.07) is 20.2. The summed E-state index contributed by atoms with van der Waals surface area (Å²) in [5, 5.41) is 28.7. The average molecular weight is 366 g/mol. The summed E-state index contributed by atoms with van der Waals surface area (Å²) in [5.74, 6) is 0.547. The molecule has 0 bridgehead atoms. The van der Waals surface area contributed by atoms with Crippen molar-refractivity contribution in [1.29, 1.82) is 0 Å². The largest absolute Gasteiger partial charge is 0.508 e. The number of non-ortho nitro benzene ring substituents is 1. The van der Waals surface area contributed by atoms with Gasteiger partial charge in [0.05, 0.1) is 4.92 Å². The van der Waals surface area contributed by atoms with Gasteiger partial charge in [0.1, 0.15) is 11.5 Å². The summed E-state index contributed by atoms with van der Waals surface area (Å²) in [7, 11) is 0. The van der Waals surface area contributed by atoms with Crippen LogP contribution in [0, 0.1) is 10.1 Å². The van der Waals surface area contributed by atoms with Crippen LogP contribution in [-0.2, 0) is 5.41 Å². The number of nitro benzene ring substituents is 1. The van der Waals surface area contributed by atoms with Crippen molar-refractivity contribution in [2.24, 2.45) is 0 Å². The van der Waals surface area contributed by atoms with Gasteiger partial charge in [-0.1, -0.05) is 38.1 Å². The molecule has 0 radical (unpaired) electrons. The lowest BCUT2D eigenvalue weighted by Gasteiger charge is -2.26. The minimum Gasteiger partial charge on any atom is -0.508 e. The highest BCUT2D eigenvalue weighted by molar-refractivity contribution is 5.44. The molecular weight excluding hydrogens is 344 g/mol. The van der Waals surface area contributed by atoms with E-state index in [1.54, 1.807) is 24.3 Å². The Labute approximate surface area is 157 Å². The fraction of sp³-hybridized carbons (Fsp3) is 0.143. The zero-order chi connectivity index (χ0) is 20.0. The van der Waals surface area contributed by atoms with E-state index in [-0.39, 0.29) is 22.6 Å². The summed E-state index contributed by atoms with van der Waals surface area (Å²) in [6.07, 6.45) is 0. The molecule has 0 heterocycles. The summed E-state index contributed by atoms with van der Waals surface area (Å²) >= 11 is 0. The molecule has 0 atom stereocenters. The van der Waals surface area contributed by atoms with Crippen molar-refractivity contribution in [3.05, 3.63) is 94.0 Å². The van der Waals surface area contributed by atoms with Gasteiger partial charge in [0.15, 0.2) is 0 Å². The van der Waals surface area contributed by atoms with E-state index in [1.807, 2.05) is 24.3 Å². The molecule has 0 aromatic heterocycles. The first-order valence-corrected chi connectivity index (χ1v) is 8.29. The predicted molar refractivity (Wildman–Crippen MR) is 106 cm³/mol. The highest BCUT2D eigenvalue weighted by Crippen LogP contribution is 2.32. The van der Waals surface area contributed by atoms with Gasteiger partial charge in [-0.05, 0) is 47.5 Å². The van der Waals surface area contributed by atoms with Crippen LogP contribution in [0.25, 0.3) is 0 Å². The van der Waals surface area contributed by atoms with E-state index in [4.69, 9.17) is 5.73 Å². The zero-order valence-electron chi connectivity index (χ0n) is 15.2. The number of nitrogens with zero attached hydrogens (tertiary/aromatic N) is 1. The number of benzene rings is 3. The van der Waals surface area contributed by atoms with Crippen molar-refractivity contribution in [3.8, 4) is 11.5 Å². The first kappa shape index (κ1) is 19.8. The number of phenolic OH excluding ortho intramolecular Hbond substituents is 2. The van der Waals surface area contributed by atoms with Crippen LogP contribution in [0.2, 0.25) is 0 Å². The Bertz CT molecular complexity index is 839. The lowest BCUT2D eigenvalue weighted by molar-refractivity contribution is -0.384. The molecule has 6 heteroatoms. The first-order valence-electron chi connectivity index (χ1n) is 8.29. The smallest absolute Gasteiger partial charge is 0.269 e. The molecule has 0 saturated carbocycles. The molecular formula is C21H22N2O4. The van der Waals surface area contributed by atoms with Crippen molar-refractivity contribution in [2.45, 2.75) is 19.3 Å². The van der Waals surface area contributed by atoms with E-state index in [0.717, 1.165) is 11.1 Å². The number of hydrogen-bond acceptors (Lipinski definition) is 5. The Morgan fingerprint density at radius 2 is 1.15 bits per heavy atom. The van der Waals surface area contributed by atoms with Gasteiger partial charge in [-0.2, -0.15) is 0 Å². The molecule has 0 saturated heterocycles. The number of nitrogen functional groups attached to an aromatic ring is 1. The second-order valence-corrected chi connectivity index (χ2v) is 6.57. The van der Waals surface area contributed by atoms with Crippen LogP contribution in [-0.4, -0.2) is 15.1 Å². The SMILES string of the molecule is CC(C)(c1ccc(O)cc1)c1ccc(O)cc1.Nc1ccc([N+](=O)[O-])cc1. The van der Waals surface area contributed by atoms with E-state index in [1.165, 1.54) is 24.3 Å². The van der Waals surface area contributed by atoms with Crippen LogP contribution in [0.4, 0.5) is 11.4 Å². The van der Waals surface area contributed by atoms with Gasteiger partial charge in [-0.3, -0.25) is 10.1 Å². The fourth-order valence-electron chi connectivity index (χ4n) is 2.52. The van der Waals surface area contributed by atoms with Crippen molar-refractivity contribution in [2.75, 3.05) is 5.73 Å². The number of nitro groups is 1. The first-order chi connectivity index (χ1) is 12.7. The molecule has 3 aromatic rings. The molecule has 27 heavy (non-hydrogen) atoms. The Kier molecular flexibility index (Phi) is 6.03. The maximum Gasteiger partial charge on any atom is 0.269 e. The van der Waals surface area contributed by atoms with Crippen molar-refractivity contribution in [3.63, 3.8) is 0 Å². The van der Waals surface area contributed by atoms with Crippen molar-refractivity contribution < 1.29 is 15.1 Å². The molecule has 0 unspecified atom stereocenters. The van der Waals surface area contributed by atoms with Gasteiger partial charge in [0.25, 0.3) is 5.69 Å². The number of aromatic hydroxyl groups is 2. The standard InChI is InChI=1S/C15H16O2.C6H6N2O2/c1-15(2,11-3-7-13(16)8-4-11)12-5-9-14(17)10-6-12;7-5-1-3-6(4-2-5)8(9)10/h3-10,16-17H,1-2H3;1-4H,7H2. The van der Waals surface area contributed by atoms with E-state index in [0.29, 0.717) is 5.69 Å². The van der Waals surface area contributed by atoms with Gasteiger partial charge in [0.2, 0.25) is 0 Å². The van der Waals surface area contributed by atoms with E-state index < -0.39 is 4.92 Å². The number of rotatable bonds is 3. The van der Waals surface area contributed by atoms with Gasteiger partial charge in [0, 0.05) is 23.2 Å². The number of phenols is 2. The van der Waals surface area contributed by atoms with E-state index in [9.17, 15) is 20.3 Å². The molecule has 3 rings (SSSR count). The minimum absolute atomic E-state index is 0.0641. The summed E-state index contributed by atoms with van der Waals surface area (Å²) < 4.78 is 0. The molecule has 0 amide bonds. The van der Waals surface area contributed by atoms with E-state index in [2.05, 4.69) is 13.8 Å². The normalized spacial score (nSPS) is 10.6. The Morgan fingerprint density at radius 1 is 0.778 bits per heavy atom. The summed E-state index contributed by atoms with van der Waals surface area (Å²) in [4.78, 5) is 9.62. The van der Waals surface area contributed by atoms with Crippen LogP contribution in [0.3, 0.4) is 0 Å². The molecule has 0 spiro atoms. The van der Waals surface area contributed by atoms with Crippen LogP contribution >= 0.6 is 0 Å². The highest BCUT2D eigenvalue weighted by Gasteiger charge is 2.22. The van der Waals surface area contributed by atoms with Crippen LogP contribution < -0.4 is 5.73 Å². The third-order valence-electron chi connectivity index (χ3n) is 4.28. The lowest BCUT2D eigenvalue weighted by Crippen LogP contribution is -2.18. The third-order valence-corrected chi connectivity index (χ3v) is 4.28. The Balaban J connectivity index is 0.000000223. The molecule has 0 aliphatic carbocycles. The van der Waals surface area contributed by atoms with Gasteiger partial charge in [-0.25, -0.2) is 0 Å². The maximum absolute atomic E-state index is 10.1. The number of anilines is 1. The van der Waals surface area contributed by atoms with Gasteiger partial charge < -0.3 is 15.9 Å². The van der Waals surface area contributed by atoms with Gasteiger partial charge in [-0.15, -0.1) is 0 Å². The monoisotopic (exact) mass is 366 g/mol. The quantitative estimate of drug-likeness (QED) is 0.356. The molecule has 0 fully saturated rings. The Morgan fingerprint density at radius 3 is 1.48 bits per heavy atom. The molecule has 0 aliphatic heterocycles. The zero-order valence-corrected chi connectivity index (χ0v) is 15.2. The second-order valence-electron chi connectivity index (χ2n) is 6.57. The molecule has 6 nitrogen and oxygen atoms in total. The fourth-order valence-corrected chi connectivity index (χ4v) is 2.52. The molecule has 0 aliphatic rings. The van der Waals surface area contributed by atoms with Crippen molar-refractivity contribution in [1.82, 2.24) is 0 Å². The van der Waals surface area contributed by atoms with Crippen molar-refractivity contribution >= 4 is 11.4 Å². The molecule has 3 aromatic carbocycles.